The fourth-order valence-corrected chi connectivity index (χ4v) is 2.06. The molecule has 20 heavy (non-hydrogen) atoms. The van der Waals surface area contributed by atoms with E-state index in [-0.39, 0.29) is 0 Å². The summed E-state index contributed by atoms with van der Waals surface area (Å²) in [6.45, 7) is 11.8. The SMILES string of the molecule is C=CCc1nc(C#N)ccc1B1OC(C)(C)C(C)(C)O1. The van der Waals surface area contributed by atoms with Gasteiger partial charge in [-0.1, -0.05) is 12.1 Å². The number of nitrogens with zero attached hydrogens (tertiary/aromatic N) is 2. The highest BCUT2D eigenvalue weighted by atomic mass is 16.7. The molecule has 5 heteroatoms. The molecule has 0 saturated carbocycles. The fourth-order valence-electron chi connectivity index (χ4n) is 2.06. The van der Waals surface area contributed by atoms with E-state index in [4.69, 9.17) is 14.6 Å². The zero-order chi connectivity index (χ0) is 15.0. The Morgan fingerprint density at radius 3 is 2.40 bits per heavy atom. The molecular weight excluding hydrogens is 251 g/mol. The van der Waals surface area contributed by atoms with E-state index < -0.39 is 18.3 Å². The first-order valence-electron chi connectivity index (χ1n) is 6.67. The van der Waals surface area contributed by atoms with Crippen LogP contribution in [0.4, 0.5) is 0 Å². The Kier molecular flexibility index (Phi) is 3.72. The van der Waals surface area contributed by atoms with Crippen molar-refractivity contribution in [2.45, 2.75) is 45.3 Å². The summed E-state index contributed by atoms with van der Waals surface area (Å²) in [4.78, 5) is 4.33. The van der Waals surface area contributed by atoms with E-state index in [2.05, 4.69) is 11.6 Å². The van der Waals surface area contributed by atoms with E-state index in [1.54, 1.807) is 12.1 Å². The van der Waals surface area contributed by atoms with Crippen LogP contribution in [-0.4, -0.2) is 23.3 Å². The molecule has 1 aromatic rings. The van der Waals surface area contributed by atoms with Crippen molar-refractivity contribution in [3.05, 3.63) is 36.2 Å². The van der Waals surface area contributed by atoms with Crippen LogP contribution >= 0.6 is 0 Å². The van der Waals surface area contributed by atoms with E-state index in [1.165, 1.54) is 0 Å². The minimum Gasteiger partial charge on any atom is -0.399 e. The minimum atomic E-state index is -0.463. The highest BCUT2D eigenvalue weighted by molar-refractivity contribution is 6.62. The van der Waals surface area contributed by atoms with Crippen LogP contribution in [0.3, 0.4) is 0 Å². The fraction of sp³-hybridized carbons (Fsp3) is 0.467. The Bertz CT molecular complexity index is 560. The average Bonchev–Trinajstić information content (AvgIpc) is 2.58. The number of hydrogen-bond donors (Lipinski definition) is 0. The molecule has 0 N–H and O–H groups in total. The lowest BCUT2D eigenvalue weighted by Gasteiger charge is -2.32. The van der Waals surface area contributed by atoms with Crippen LogP contribution in [0.1, 0.15) is 39.1 Å². The molecule has 2 rings (SSSR count). The van der Waals surface area contributed by atoms with E-state index in [9.17, 15) is 0 Å². The number of aromatic nitrogens is 1. The molecule has 0 unspecified atom stereocenters. The van der Waals surface area contributed by atoms with Gasteiger partial charge in [-0.05, 0) is 33.8 Å². The van der Waals surface area contributed by atoms with Gasteiger partial charge in [0.2, 0.25) is 0 Å². The van der Waals surface area contributed by atoms with Gasteiger partial charge in [-0.25, -0.2) is 4.98 Å². The lowest BCUT2D eigenvalue weighted by molar-refractivity contribution is 0.00578. The summed E-state index contributed by atoms with van der Waals surface area (Å²) in [6.07, 6.45) is 2.34. The van der Waals surface area contributed by atoms with E-state index in [0.717, 1.165) is 11.2 Å². The molecule has 0 aliphatic carbocycles. The molecule has 0 bridgehead atoms. The molecular formula is C15H19BN2O2. The first-order valence-corrected chi connectivity index (χ1v) is 6.67. The molecule has 1 fully saturated rings. The monoisotopic (exact) mass is 270 g/mol. The lowest BCUT2D eigenvalue weighted by atomic mass is 9.77. The normalized spacial score (nSPS) is 19.6. The van der Waals surface area contributed by atoms with Crippen molar-refractivity contribution < 1.29 is 9.31 Å². The topological polar surface area (TPSA) is 55.1 Å². The van der Waals surface area contributed by atoms with Crippen molar-refractivity contribution in [2.24, 2.45) is 0 Å². The Morgan fingerprint density at radius 1 is 1.30 bits per heavy atom. The summed E-state index contributed by atoms with van der Waals surface area (Å²) in [5, 5.41) is 8.95. The first-order chi connectivity index (χ1) is 9.30. The molecule has 0 atom stereocenters. The van der Waals surface area contributed by atoms with Gasteiger partial charge < -0.3 is 9.31 Å². The van der Waals surface area contributed by atoms with E-state index >= 15 is 0 Å². The van der Waals surface area contributed by atoms with Gasteiger partial charge in [-0.3, -0.25) is 0 Å². The molecule has 1 saturated heterocycles. The molecule has 0 amide bonds. The zero-order valence-corrected chi connectivity index (χ0v) is 12.4. The maximum Gasteiger partial charge on any atom is 0.496 e. The van der Waals surface area contributed by atoms with Gasteiger partial charge in [0, 0.05) is 17.6 Å². The van der Waals surface area contributed by atoms with Crippen molar-refractivity contribution >= 4 is 12.6 Å². The second-order valence-electron chi connectivity index (χ2n) is 5.93. The summed E-state index contributed by atoms with van der Waals surface area (Å²) in [7, 11) is -0.463. The van der Waals surface area contributed by atoms with Crippen LogP contribution in [0.25, 0.3) is 0 Å². The van der Waals surface area contributed by atoms with Crippen molar-refractivity contribution in [3.8, 4) is 6.07 Å². The summed E-state index contributed by atoms with van der Waals surface area (Å²) >= 11 is 0. The minimum absolute atomic E-state index is 0.391. The highest BCUT2D eigenvalue weighted by Gasteiger charge is 2.52. The maximum absolute atomic E-state index is 8.95. The summed E-state index contributed by atoms with van der Waals surface area (Å²) in [6, 6.07) is 5.59. The molecule has 1 aliphatic heterocycles. The van der Waals surface area contributed by atoms with Crippen molar-refractivity contribution in [2.75, 3.05) is 0 Å². The predicted molar refractivity (Wildman–Crippen MR) is 78.6 cm³/mol. The Balaban J connectivity index is 2.39. The molecule has 1 aromatic heterocycles. The van der Waals surface area contributed by atoms with E-state index in [1.807, 2.05) is 39.8 Å². The van der Waals surface area contributed by atoms with Crippen LogP contribution in [0.2, 0.25) is 0 Å². The number of allylic oxidation sites excluding steroid dienone is 1. The standard InChI is InChI=1S/C15H19BN2O2/c1-6-7-13-12(9-8-11(10-17)18-13)16-19-14(2,3)15(4,5)20-16/h6,8-9H,1,7H2,2-5H3. The summed E-state index contributed by atoms with van der Waals surface area (Å²) in [5.41, 5.74) is 1.25. The van der Waals surface area contributed by atoms with Crippen LogP contribution in [0.15, 0.2) is 24.8 Å². The van der Waals surface area contributed by atoms with Gasteiger partial charge in [-0.2, -0.15) is 5.26 Å². The quantitative estimate of drug-likeness (QED) is 0.622. The second-order valence-corrected chi connectivity index (χ2v) is 5.93. The van der Waals surface area contributed by atoms with Gasteiger partial charge in [0.25, 0.3) is 0 Å². The zero-order valence-electron chi connectivity index (χ0n) is 12.4. The molecule has 2 heterocycles. The third-order valence-corrected chi connectivity index (χ3v) is 3.97. The average molecular weight is 270 g/mol. The Hall–Kier alpha value is -1.64. The van der Waals surface area contributed by atoms with Gasteiger partial charge in [0.1, 0.15) is 11.8 Å². The number of rotatable bonds is 3. The lowest BCUT2D eigenvalue weighted by Crippen LogP contribution is -2.41. The van der Waals surface area contributed by atoms with Crippen molar-refractivity contribution in [1.82, 2.24) is 4.98 Å². The van der Waals surface area contributed by atoms with Crippen molar-refractivity contribution in [1.29, 1.82) is 5.26 Å². The largest absolute Gasteiger partial charge is 0.496 e. The smallest absolute Gasteiger partial charge is 0.399 e. The molecule has 0 radical (unpaired) electrons. The highest BCUT2D eigenvalue weighted by Crippen LogP contribution is 2.36. The first kappa shape index (κ1) is 14.8. The van der Waals surface area contributed by atoms with Gasteiger partial charge in [0.05, 0.1) is 11.2 Å². The van der Waals surface area contributed by atoms with E-state index in [0.29, 0.717) is 12.1 Å². The van der Waals surface area contributed by atoms with Crippen molar-refractivity contribution in [3.63, 3.8) is 0 Å². The van der Waals surface area contributed by atoms with Crippen LogP contribution in [0.5, 0.6) is 0 Å². The molecule has 4 nitrogen and oxygen atoms in total. The Labute approximate surface area is 120 Å². The van der Waals surface area contributed by atoms with Crippen LogP contribution in [-0.2, 0) is 15.7 Å². The summed E-state index contributed by atoms with van der Waals surface area (Å²) in [5.74, 6) is 0. The number of hydrogen-bond acceptors (Lipinski definition) is 4. The van der Waals surface area contributed by atoms with Gasteiger partial charge in [-0.15, -0.1) is 6.58 Å². The maximum atomic E-state index is 8.95. The van der Waals surface area contributed by atoms with Gasteiger partial charge >= 0.3 is 7.12 Å². The Morgan fingerprint density at radius 2 is 1.90 bits per heavy atom. The van der Waals surface area contributed by atoms with Gasteiger partial charge in [0.15, 0.2) is 0 Å². The third kappa shape index (κ3) is 2.49. The molecule has 0 spiro atoms. The van der Waals surface area contributed by atoms with Crippen LogP contribution < -0.4 is 5.46 Å². The molecule has 104 valence electrons. The summed E-state index contributed by atoms with van der Waals surface area (Å²) < 4.78 is 12.1. The van der Waals surface area contributed by atoms with Crippen LogP contribution in [0, 0.1) is 11.3 Å². The second kappa shape index (κ2) is 5.04. The number of nitriles is 1. The number of pyridine rings is 1. The predicted octanol–water partition coefficient (Wildman–Crippen LogP) is 1.98. The third-order valence-electron chi connectivity index (χ3n) is 3.97. The molecule has 0 aromatic carbocycles. The molecule has 1 aliphatic rings.